The van der Waals surface area contributed by atoms with E-state index < -0.39 is 0 Å². The van der Waals surface area contributed by atoms with Crippen molar-refractivity contribution in [2.75, 3.05) is 7.11 Å². The van der Waals surface area contributed by atoms with E-state index in [1.807, 2.05) is 31.3 Å². The molecule has 0 fully saturated rings. The maximum absolute atomic E-state index is 5.35. The van der Waals surface area contributed by atoms with Gasteiger partial charge in [-0.05, 0) is 30.5 Å². The van der Waals surface area contributed by atoms with Crippen molar-refractivity contribution in [3.63, 3.8) is 0 Å². The zero-order valence-electron chi connectivity index (χ0n) is 10.2. The fourth-order valence-electron chi connectivity index (χ4n) is 1.99. The first-order valence-corrected chi connectivity index (χ1v) is 6.50. The Balaban J connectivity index is 2.32. The highest BCUT2D eigenvalue weighted by Gasteiger charge is 2.09. The second-order valence-corrected chi connectivity index (χ2v) is 5.09. The summed E-state index contributed by atoms with van der Waals surface area (Å²) < 4.78 is 5.35. The molecule has 90 valence electrons. The molecule has 0 aliphatic carbocycles. The van der Waals surface area contributed by atoms with E-state index in [-0.39, 0.29) is 0 Å². The highest BCUT2D eigenvalue weighted by molar-refractivity contribution is 7.09. The Morgan fingerprint density at radius 3 is 2.89 bits per heavy atom. The van der Waals surface area contributed by atoms with Crippen molar-refractivity contribution >= 4 is 22.1 Å². The van der Waals surface area contributed by atoms with Crippen LogP contribution in [0.3, 0.4) is 0 Å². The number of ether oxygens (including phenoxy) is 1. The van der Waals surface area contributed by atoms with Gasteiger partial charge < -0.3 is 4.74 Å². The van der Waals surface area contributed by atoms with Crippen molar-refractivity contribution in [3.05, 3.63) is 41.0 Å². The molecule has 0 amide bonds. The lowest BCUT2D eigenvalue weighted by Crippen LogP contribution is -1.88. The first kappa shape index (κ1) is 11.2. The SMILES string of the molecule is COc1cc(-c2csc(C)n2)c2cnccc2c1. The molecule has 0 radical (unpaired) electrons. The molecule has 0 spiro atoms. The van der Waals surface area contributed by atoms with Crippen LogP contribution >= 0.6 is 11.3 Å². The summed E-state index contributed by atoms with van der Waals surface area (Å²) in [5.74, 6) is 0.842. The number of fused-ring (bicyclic) bond motifs is 1. The second-order valence-electron chi connectivity index (χ2n) is 4.02. The number of aryl methyl sites for hydroxylation is 1. The maximum Gasteiger partial charge on any atom is 0.120 e. The summed E-state index contributed by atoms with van der Waals surface area (Å²) >= 11 is 1.65. The molecule has 3 rings (SSSR count). The van der Waals surface area contributed by atoms with Crippen LogP contribution < -0.4 is 4.74 Å². The van der Waals surface area contributed by atoms with Crippen LogP contribution in [0.4, 0.5) is 0 Å². The molecule has 3 nitrogen and oxygen atoms in total. The van der Waals surface area contributed by atoms with Gasteiger partial charge in [0.2, 0.25) is 0 Å². The van der Waals surface area contributed by atoms with Crippen molar-refractivity contribution in [1.82, 2.24) is 9.97 Å². The third-order valence-corrected chi connectivity index (χ3v) is 3.63. The van der Waals surface area contributed by atoms with Gasteiger partial charge in [0, 0.05) is 28.7 Å². The van der Waals surface area contributed by atoms with E-state index in [2.05, 4.69) is 15.3 Å². The van der Waals surface area contributed by atoms with Gasteiger partial charge in [-0.3, -0.25) is 4.98 Å². The number of aromatic nitrogens is 2. The summed E-state index contributed by atoms with van der Waals surface area (Å²) in [6.45, 7) is 2.01. The molecule has 0 aliphatic heterocycles. The molecule has 0 N–H and O–H groups in total. The molecule has 2 heterocycles. The summed E-state index contributed by atoms with van der Waals surface area (Å²) in [4.78, 5) is 8.74. The molecule has 2 aromatic heterocycles. The Labute approximate surface area is 109 Å². The van der Waals surface area contributed by atoms with Crippen LogP contribution in [0.5, 0.6) is 5.75 Å². The molecule has 18 heavy (non-hydrogen) atoms. The van der Waals surface area contributed by atoms with Crippen LogP contribution in [0.2, 0.25) is 0 Å². The average Bonchev–Trinajstić information content (AvgIpc) is 2.84. The van der Waals surface area contributed by atoms with Gasteiger partial charge in [0.05, 0.1) is 17.8 Å². The van der Waals surface area contributed by atoms with E-state index in [4.69, 9.17) is 4.74 Å². The second kappa shape index (κ2) is 4.38. The Kier molecular flexibility index (Phi) is 2.72. The molecule has 0 saturated heterocycles. The number of nitrogens with zero attached hydrogens (tertiary/aromatic N) is 2. The minimum atomic E-state index is 0.842. The molecule has 0 unspecified atom stereocenters. The minimum absolute atomic E-state index is 0.842. The Morgan fingerprint density at radius 1 is 1.28 bits per heavy atom. The summed E-state index contributed by atoms with van der Waals surface area (Å²) in [6, 6.07) is 6.01. The predicted octanol–water partition coefficient (Wildman–Crippen LogP) is 3.68. The van der Waals surface area contributed by atoms with Gasteiger partial charge in [-0.25, -0.2) is 4.98 Å². The lowest BCUT2D eigenvalue weighted by atomic mass is 10.0. The number of pyridine rings is 1. The molecular weight excluding hydrogens is 244 g/mol. The minimum Gasteiger partial charge on any atom is -0.497 e. The third-order valence-electron chi connectivity index (χ3n) is 2.86. The first-order valence-electron chi connectivity index (χ1n) is 5.62. The molecule has 0 saturated carbocycles. The molecule has 4 heteroatoms. The maximum atomic E-state index is 5.35. The number of hydrogen-bond donors (Lipinski definition) is 0. The summed E-state index contributed by atoms with van der Waals surface area (Å²) in [5, 5.41) is 5.34. The highest BCUT2D eigenvalue weighted by atomic mass is 32.1. The fraction of sp³-hybridized carbons (Fsp3) is 0.143. The van der Waals surface area contributed by atoms with Crippen LogP contribution in [0, 0.1) is 6.92 Å². The van der Waals surface area contributed by atoms with Gasteiger partial charge in [0.15, 0.2) is 0 Å². The van der Waals surface area contributed by atoms with Crippen molar-refractivity contribution in [2.24, 2.45) is 0 Å². The van der Waals surface area contributed by atoms with E-state index in [9.17, 15) is 0 Å². The summed E-state index contributed by atoms with van der Waals surface area (Å²) in [5.41, 5.74) is 2.05. The summed E-state index contributed by atoms with van der Waals surface area (Å²) in [6.07, 6.45) is 3.66. The van der Waals surface area contributed by atoms with Crippen molar-refractivity contribution in [1.29, 1.82) is 0 Å². The van der Waals surface area contributed by atoms with Gasteiger partial charge in [-0.15, -0.1) is 11.3 Å². The highest BCUT2D eigenvalue weighted by Crippen LogP contribution is 2.32. The van der Waals surface area contributed by atoms with Crippen LogP contribution in [0.1, 0.15) is 5.01 Å². The number of benzene rings is 1. The van der Waals surface area contributed by atoms with Crippen LogP contribution in [0.25, 0.3) is 22.0 Å². The topological polar surface area (TPSA) is 35.0 Å². The zero-order chi connectivity index (χ0) is 12.5. The molecule has 1 aromatic carbocycles. The van der Waals surface area contributed by atoms with Gasteiger partial charge in [0.1, 0.15) is 5.75 Å². The fourth-order valence-corrected chi connectivity index (χ4v) is 2.60. The third kappa shape index (κ3) is 1.84. The number of thiazole rings is 1. The Hall–Kier alpha value is -1.94. The van der Waals surface area contributed by atoms with Crippen LogP contribution in [0.15, 0.2) is 36.0 Å². The smallest absolute Gasteiger partial charge is 0.120 e. The molecule has 0 atom stereocenters. The van der Waals surface area contributed by atoms with E-state index in [1.54, 1.807) is 24.6 Å². The average molecular weight is 256 g/mol. The van der Waals surface area contributed by atoms with Crippen molar-refractivity contribution in [3.8, 4) is 17.0 Å². The molecule has 3 aromatic rings. The quantitative estimate of drug-likeness (QED) is 0.701. The largest absolute Gasteiger partial charge is 0.497 e. The first-order chi connectivity index (χ1) is 8.78. The van der Waals surface area contributed by atoms with E-state index in [0.717, 1.165) is 32.8 Å². The lowest BCUT2D eigenvalue weighted by Gasteiger charge is -2.07. The molecular formula is C14H12N2OS. The van der Waals surface area contributed by atoms with E-state index >= 15 is 0 Å². The van der Waals surface area contributed by atoms with Crippen molar-refractivity contribution < 1.29 is 4.74 Å². The molecule has 0 aliphatic rings. The van der Waals surface area contributed by atoms with Gasteiger partial charge >= 0.3 is 0 Å². The Morgan fingerprint density at radius 2 is 2.17 bits per heavy atom. The number of hydrogen-bond acceptors (Lipinski definition) is 4. The number of methoxy groups -OCH3 is 1. The van der Waals surface area contributed by atoms with Crippen molar-refractivity contribution in [2.45, 2.75) is 6.92 Å². The van der Waals surface area contributed by atoms with Gasteiger partial charge in [-0.2, -0.15) is 0 Å². The van der Waals surface area contributed by atoms with Gasteiger partial charge in [0.25, 0.3) is 0 Å². The molecule has 0 bridgehead atoms. The summed E-state index contributed by atoms with van der Waals surface area (Å²) in [7, 11) is 1.68. The number of rotatable bonds is 2. The Bertz CT molecular complexity index is 706. The van der Waals surface area contributed by atoms with E-state index in [1.165, 1.54) is 0 Å². The van der Waals surface area contributed by atoms with Crippen LogP contribution in [-0.4, -0.2) is 17.1 Å². The standard InChI is InChI=1S/C14H12N2OS/c1-9-16-14(8-18-9)12-6-11(17-2)5-10-3-4-15-7-13(10)12/h3-8H,1-2H3. The lowest BCUT2D eigenvalue weighted by molar-refractivity contribution is 0.415. The van der Waals surface area contributed by atoms with Gasteiger partial charge in [-0.1, -0.05) is 0 Å². The monoisotopic (exact) mass is 256 g/mol. The van der Waals surface area contributed by atoms with Crippen LogP contribution in [-0.2, 0) is 0 Å². The van der Waals surface area contributed by atoms with E-state index in [0.29, 0.717) is 0 Å². The zero-order valence-corrected chi connectivity index (χ0v) is 11.0. The normalized spacial score (nSPS) is 10.8. The predicted molar refractivity (Wildman–Crippen MR) is 74.1 cm³/mol.